The van der Waals surface area contributed by atoms with Crippen LogP contribution < -0.4 is 10.9 Å². The van der Waals surface area contributed by atoms with Crippen LogP contribution in [-0.4, -0.2) is 52.9 Å². The molecule has 2 aromatic rings. The van der Waals surface area contributed by atoms with Gasteiger partial charge in [0.05, 0.1) is 19.4 Å². The first-order valence-corrected chi connectivity index (χ1v) is 10.9. The number of carbonyl (C=O) groups is 4. The molecule has 1 aliphatic heterocycles. The summed E-state index contributed by atoms with van der Waals surface area (Å²) in [6.45, 7) is 0. The maximum absolute atomic E-state index is 12.8. The van der Waals surface area contributed by atoms with E-state index in [1.165, 1.54) is 37.1 Å². The van der Waals surface area contributed by atoms with Gasteiger partial charge in [0.2, 0.25) is 0 Å². The van der Waals surface area contributed by atoms with E-state index < -0.39 is 46.5 Å². The van der Waals surface area contributed by atoms with Crippen LogP contribution in [0.15, 0.2) is 44.6 Å². The van der Waals surface area contributed by atoms with E-state index in [4.69, 9.17) is 16.0 Å². The fraction of sp³-hybridized carbons (Fsp3) is 0.286. The van der Waals surface area contributed by atoms with E-state index in [-0.39, 0.29) is 28.9 Å². The number of ketones is 1. The summed E-state index contributed by atoms with van der Waals surface area (Å²) in [7, 11) is 1.19. The highest BCUT2D eigenvalue weighted by atomic mass is 35.5. The van der Waals surface area contributed by atoms with Crippen molar-refractivity contribution in [2.24, 2.45) is 5.92 Å². The van der Waals surface area contributed by atoms with Crippen LogP contribution in [-0.2, 0) is 19.1 Å². The normalized spacial score (nSPS) is 22.2. The van der Waals surface area contributed by atoms with E-state index in [1.807, 2.05) is 0 Å². The number of amides is 1. The van der Waals surface area contributed by atoms with Gasteiger partial charge in [-0.2, -0.15) is 11.8 Å². The number of aliphatic carboxylic acids is 1. The van der Waals surface area contributed by atoms with Gasteiger partial charge in [0.15, 0.2) is 5.78 Å². The molecule has 3 unspecified atom stereocenters. The third kappa shape index (κ3) is 3.80. The van der Waals surface area contributed by atoms with Crippen molar-refractivity contribution in [3.63, 3.8) is 0 Å². The Balaban J connectivity index is 1.57. The number of rotatable bonds is 5. The van der Waals surface area contributed by atoms with E-state index in [0.717, 1.165) is 0 Å². The number of carboxylic acid groups (broad SMARTS) is 1. The zero-order chi connectivity index (χ0) is 23.2. The third-order valence-corrected chi connectivity index (χ3v) is 7.13. The number of nitrogens with one attached hydrogen (secondary N) is 1. The zero-order valence-corrected chi connectivity index (χ0v) is 18.1. The van der Waals surface area contributed by atoms with Crippen LogP contribution in [0.2, 0.25) is 5.02 Å². The van der Waals surface area contributed by atoms with Crippen LogP contribution in [0.25, 0.3) is 11.0 Å². The number of fused-ring (bicyclic) bond motifs is 2. The highest BCUT2D eigenvalue weighted by molar-refractivity contribution is 8.00. The molecule has 1 aromatic heterocycles. The molecule has 2 heterocycles. The summed E-state index contributed by atoms with van der Waals surface area (Å²) in [5.41, 5.74) is -0.719. The van der Waals surface area contributed by atoms with Crippen LogP contribution in [0.4, 0.5) is 0 Å². The molecule has 0 bridgehead atoms. The predicted molar refractivity (Wildman–Crippen MR) is 115 cm³/mol. The number of Topliss-reactive ketones (excluding diaryl/α,β-unsaturated/α-hetero) is 1. The summed E-state index contributed by atoms with van der Waals surface area (Å²) in [6, 6.07) is 4.94. The summed E-state index contributed by atoms with van der Waals surface area (Å²) in [4.78, 5) is 61.1. The van der Waals surface area contributed by atoms with Gasteiger partial charge in [-0.15, -0.1) is 0 Å². The Labute approximate surface area is 189 Å². The SMILES string of the molecule is COC(=O)CC1=C(C(=O)O)C2C(=O)C(NC(=O)c3cc4cc(Cl)ccc4oc3=O)C2SC1. The Morgan fingerprint density at radius 2 is 2.03 bits per heavy atom. The fourth-order valence-corrected chi connectivity index (χ4v) is 5.58. The smallest absolute Gasteiger partial charge is 0.349 e. The summed E-state index contributed by atoms with van der Waals surface area (Å²) in [6.07, 6.45) is -0.223. The molecule has 3 atom stereocenters. The summed E-state index contributed by atoms with van der Waals surface area (Å²) < 4.78 is 9.75. The second kappa shape index (κ2) is 8.44. The van der Waals surface area contributed by atoms with E-state index in [1.54, 1.807) is 6.07 Å². The molecule has 9 nitrogen and oxygen atoms in total. The van der Waals surface area contributed by atoms with Crippen molar-refractivity contribution in [2.75, 3.05) is 12.9 Å². The number of esters is 1. The molecule has 4 rings (SSSR count). The maximum atomic E-state index is 12.8. The van der Waals surface area contributed by atoms with E-state index in [0.29, 0.717) is 16.0 Å². The molecule has 0 radical (unpaired) electrons. The summed E-state index contributed by atoms with van der Waals surface area (Å²) in [5, 5.41) is 12.4. The number of halogens is 1. The lowest BCUT2D eigenvalue weighted by Gasteiger charge is -2.46. The molecule has 1 aliphatic carbocycles. The van der Waals surface area contributed by atoms with Gasteiger partial charge in [0, 0.05) is 27.0 Å². The number of hydrogen-bond donors (Lipinski definition) is 2. The van der Waals surface area contributed by atoms with Gasteiger partial charge >= 0.3 is 17.6 Å². The van der Waals surface area contributed by atoms with Crippen LogP contribution in [0.3, 0.4) is 0 Å². The lowest BCUT2D eigenvalue weighted by Crippen LogP contribution is -2.65. The van der Waals surface area contributed by atoms with Crippen molar-refractivity contribution in [2.45, 2.75) is 17.7 Å². The molecule has 1 amide bonds. The average Bonchev–Trinajstić information content (AvgIpc) is 2.76. The number of thioether (sulfide) groups is 1. The van der Waals surface area contributed by atoms with Gasteiger partial charge in [0.25, 0.3) is 5.91 Å². The molecule has 166 valence electrons. The van der Waals surface area contributed by atoms with Gasteiger partial charge < -0.3 is 19.6 Å². The summed E-state index contributed by atoms with van der Waals surface area (Å²) >= 11 is 7.21. The van der Waals surface area contributed by atoms with Crippen LogP contribution in [0.1, 0.15) is 16.8 Å². The zero-order valence-electron chi connectivity index (χ0n) is 16.5. The van der Waals surface area contributed by atoms with E-state index >= 15 is 0 Å². The Kier molecular flexibility index (Phi) is 5.83. The average molecular weight is 478 g/mol. The first kappa shape index (κ1) is 22.1. The lowest BCUT2D eigenvalue weighted by molar-refractivity contribution is -0.140. The largest absolute Gasteiger partial charge is 0.478 e. The number of carbonyl (C=O) groups excluding carboxylic acids is 3. The summed E-state index contributed by atoms with van der Waals surface area (Å²) in [5.74, 6) is -3.94. The minimum Gasteiger partial charge on any atom is -0.478 e. The van der Waals surface area contributed by atoms with Gasteiger partial charge in [-0.05, 0) is 29.8 Å². The van der Waals surface area contributed by atoms with E-state index in [9.17, 15) is 29.1 Å². The van der Waals surface area contributed by atoms with Crippen molar-refractivity contribution in [3.05, 3.63) is 56.4 Å². The van der Waals surface area contributed by atoms with Gasteiger partial charge in [-0.1, -0.05) is 11.6 Å². The predicted octanol–water partition coefficient (Wildman–Crippen LogP) is 1.80. The standard InChI is InChI=1S/C21H16ClNO8S/c1-30-13(24)6-9-7-32-18-15(14(9)20(27)28)17(25)16(18)23-19(26)11-5-8-4-10(22)2-3-12(8)31-21(11)29/h2-5,15-16,18H,6-7H2,1H3,(H,23,26)(H,27,28). The van der Waals surface area contributed by atoms with Crippen molar-refractivity contribution < 1.29 is 33.4 Å². The molecule has 0 spiro atoms. The van der Waals surface area contributed by atoms with Crippen LogP contribution >= 0.6 is 23.4 Å². The monoisotopic (exact) mass is 477 g/mol. The molecule has 32 heavy (non-hydrogen) atoms. The van der Waals surface area contributed by atoms with Crippen molar-refractivity contribution >= 4 is 58.0 Å². The third-order valence-electron chi connectivity index (χ3n) is 5.45. The van der Waals surface area contributed by atoms with Gasteiger partial charge in [0.1, 0.15) is 17.2 Å². The number of hydrogen-bond acceptors (Lipinski definition) is 8. The Morgan fingerprint density at radius 1 is 1.28 bits per heavy atom. The molecule has 2 aliphatic rings. The lowest BCUT2D eigenvalue weighted by atomic mass is 9.71. The molecule has 0 saturated heterocycles. The maximum Gasteiger partial charge on any atom is 0.349 e. The Morgan fingerprint density at radius 3 is 2.72 bits per heavy atom. The minimum atomic E-state index is -1.29. The highest BCUT2D eigenvalue weighted by Gasteiger charge is 2.56. The van der Waals surface area contributed by atoms with Crippen molar-refractivity contribution in [3.8, 4) is 0 Å². The second-order valence-corrected chi connectivity index (χ2v) is 8.91. The quantitative estimate of drug-likeness (QED) is 0.487. The molecule has 1 saturated carbocycles. The molecule has 2 N–H and O–H groups in total. The Bertz CT molecular complexity index is 1270. The highest BCUT2D eigenvalue weighted by Crippen LogP contribution is 2.46. The number of ether oxygens (including phenoxy) is 1. The first-order valence-electron chi connectivity index (χ1n) is 9.43. The van der Waals surface area contributed by atoms with E-state index in [2.05, 4.69) is 10.1 Å². The van der Waals surface area contributed by atoms with Crippen LogP contribution in [0, 0.1) is 5.92 Å². The topological polar surface area (TPSA) is 140 Å². The Hall–Kier alpha value is -3.11. The number of benzene rings is 1. The van der Waals surface area contributed by atoms with Crippen LogP contribution in [0.5, 0.6) is 0 Å². The number of carboxylic acids is 1. The molecular formula is C21H16ClNO8S. The number of methoxy groups -OCH3 is 1. The first-order chi connectivity index (χ1) is 15.2. The molecule has 1 aromatic carbocycles. The molecule has 1 fully saturated rings. The van der Waals surface area contributed by atoms with Crippen molar-refractivity contribution in [1.29, 1.82) is 0 Å². The van der Waals surface area contributed by atoms with Gasteiger partial charge in [-0.3, -0.25) is 14.4 Å². The van der Waals surface area contributed by atoms with Gasteiger partial charge in [-0.25, -0.2) is 9.59 Å². The minimum absolute atomic E-state index is 0.130. The second-order valence-electron chi connectivity index (χ2n) is 7.31. The fourth-order valence-electron chi connectivity index (χ4n) is 3.89. The molecular weight excluding hydrogens is 462 g/mol. The molecule has 11 heteroatoms. The van der Waals surface area contributed by atoms with Crippen molar-refractivity contribution in [1.82, 2.24) is 5.32 Å².